The number of rotatable bonds is 1. The third kappa shape index (κ3) is 1.70. The van der Waals surface area contributed by atoms with Crippen molar-refractivity contribution < 1.29 is 0 Å². The van der Waals surface area contributed by atoms with E-state index in [0.29, 0.717) is 0 Å². The van der Waals surface area contributed by atoms with Crippen LogP contribution in [0.2, 0.25) is 5.02 Å². The molecule has 2 heterocycles. The first-order valence-electron chi connectivity index (χ1n) is 4.58. The van der Waals surface area contributed by atoms with Gasteiger partial charge in [0.2, 0.25) is 5.16 Å². The van der Waals surface area contributed by atoms with Gasteiger partial charge in [-0.15, -0.1) is 9.89 Å². The van der Waals surface area contributed by atoms with Crippen molar-refractivity contribution in [1.29, 1.82) is 0 Å². The van der Waals surface area contributed by atoms with Gasteiger partial charge in [0, 0.05) is 10.8 Å². The lowest BCUT2D eigenvalue weighted by Gasteiger charge is -2.10. The Morgan fingerprint density at radius 3 is 2.88 bits per heavy atom. The Hall–Kier alpha value is -1.40. The lowest BCUT2D eigenvalue weighted by molar-refractivity contribution is 0.640. The molecule has 0 amide bonds. The summed E-state index contributed by atoms with van der Waals surface area (Å²) in [5, 5.41) is 16.9. The van der Waals surface area contributed by atoms with Crippen LogP contribution in [0.25, 0.3) is 0 Å². The van der Waals surface area contributed by atoms with E-state index in [9.17, 15) is 0 Å². The largest absolute Gasteiger partial charge is 0.233 e. The standard InChI is InChI=1S/C9H6ClN5S/c10-7-3-1-6(2-4-7)8-5-16-9-11-13-14-15(9)12-8/h1-4H,5H2. The number of nitrogens with zero attached hydrogens (tertiary/aromatic N) is 5. The zero-order valence-electron chi connectivity index (χ0n) is 8.04. The molecule has 0 aliphatic carbocycles. The molecule has 5 nitrogen and oxygen atoms in total. The molecule has 0 fully saturated rings. The molecule has 2 aromatic rings. The number of benzene rings is 1. The Bertz CT molecular complexity index is 547. The highest BCUT2D eigenvalue weighted by atomic mass is 35.5. The Balaban J connectivity index is 2.00. The maximum atomic E-state index is 5.83. The number of halogens is 1. The second kappa shape index (κ2) is 3.88. The van der Waals surface area contributed by atoms with Crippen molar-refractivity contribution >= 4 is 29.1 Å². The molecule has 0 N–H and O–H groups in total. The Labute approximate surface area is 100 Å². The minimum absolute atomic E-state index is 0.718. The van der Waals surface area contributed by atoms with Gasteiger partial charge in [-0.1, -0.05) is 40.6 Å². The van der Waals surface area contributed by atoms with Crippen molar-refractivity contribution in [3.05, 3.63) is 34.9 Å². The van der Waals surface area contributed by atoms with Crippen LogP contribution < -0.4 is 0 Å². The van der Waals surface area contributed by atoms with Gasteiger partial charge in [-0.05, 0) is 28.1 Å². The molecule has 0 atom stereocenters. The maximum Gasteiger partial charge on any atom is 0.233 e. The summed E-state index contributed by atoms with van der Waals surface area (Å²) in [5.74, 6) is 0.766. The predicted octanol–water partition coefficient (Wildman–Crippen LogP) is 1.68. The number of hydrogen-bond acceptors (Lipinski definition) is 5. The molecule has 7 heteroatoms. The first-order valence-corrected chi connectivity index (χ1v) is 5.94. The minimum Gasteiger partial charge on any atom is -0.150 e. The lowest BCUT2D eigenvalue weighted by atomic mass is 10.1. The summed E-state index contributed by atoms with van der Waals surface area (Å²) in [5.41, 5.74) is 1.99. The van der Waals surface area contributed by atoms with Gasteiger partial charge < -0.3 is 0 Å². The molecule has 3 rings (SSSR count). The summed E-state index contributed by atoms with van der Waals surface area (Å²) < 4.78 is 0. The quantitative estimate of drug-likeness (QED) is 0.774. The van der Waals surface area contributed by atoms with Gasteiger partial charge in [-0.2, -0.15) is 0 Å². The van der Waals surface area contributed by atoms with E-state index in [0.717, 1.165) is 27.2 Å². The molecular formula is C9H6ClN5S. The monoisotopic (exact) mass is 251 g/mol. The molecule has 0 unspecified atom stereocenters. The predicted molar refractivity (Wildman–Crippen MR) is 61.9 cm³/mol. The summed E-state index contributed by atoms with van der Waals surface area (Å²) >= 11 is 7.40. The van der Waals surface area contributed by atoms with E-state index in [2.05, 4.69) is 20.6 Å². The van der Waals surface area contributed by atoms with Crippen LogP contribution >= 0.6 is 23.4 Å². The average Bonchev–Trinajstić information content (AvgIpc) is 2.77. The lowest BCUT2D eigenvalue weighted by Crippen LogP contribution is -2.13. The average molecular weight is 252 g/mol. The fraction of sp³-hybridized carbons (Fsp3) is 0.111. The van der Waals surface area contributed by atoms with Crippen LogP contribution in [0.15, 0.2) is 34.5 Å². The normalized spacial score (nSPS) is 14.4. The number of thioether (sulfide) groups is 1. The topological polar surface area (TPSA) is 56.0 Å². The van der Waals surface area contributed by atoms with E-state index in [-0.39, 0.29) is 0 Å². The third-order valence-corrected chi connectivity index (χ3v) is 3.33. The van der Waals surface area contributed by atoms with Crippen LogP contribution in [0.1, 0.15) is 5.56 Å². The third-order valence-electron chi connectivity index (χ3n) is 2.16. The van der Waals surface area contributed by atoms with Crippen molar-refractivity contribution in [2.45, 2.75) is 5.16 Å². The van der Waals surface area contributed by atoms with Gasteiger partial charge in [0.1, 0.15) is 0 Å². The highest BCUT2D eigenvalue weighted by Crippen LogP contribution is 2.21. The number of tetrazole rings is 1. The van der Waals surface area contributed by atoms with Crippen molar-refractivity contribution in [2.75, 3.05) is 5.75 Å². The molecule has 0 radical (unpaired) electrons. The fourth-order valence-corrected chi connectivity index (χ4v) is 2.29. The molecular weight excluding hydrogens is 246 g/mol. The molecule has 0 saturated heterocycles. The Morgan fingerprint density at radius 1 is 1.25 bits per heavy atom. The molecule has 80 valence electrons. The molecule has 1 aromatic heterocycles. The molecule has 1 aliphatic heterocycles. The molecule has 0 bridgehead atoms. The summed E-state index contributed by atoms with van der Waals surface area (Å²) in [4.78, 5) is 1.44. The van der Waals surface area contributed by atoms with Crippen LogP contribution in [-0.2, 0) is 0 Å². The molecule has 0 spiro atoms. The summed E-state index contributed by atoms with van der Waals surface area (Å²) in [7, 11) is 0. The Kier molecular flexibility index (Phi) is 2.37. The van der Waals surface area contributed by atoms with Crippen LogP contribution in [0.5, 0.6) is 0 Å². The van der Waals surface area contributed by atoms with Gasteiger partial charge >= 0.3 is 0 Å². The van der Waals surface area contributed by atoms with E-state index in [1.165, 1.54) is 4.79 Å². The van der Waals surface area contributed by atoms with Crippen molar-refractivity contribution in [3.8, 4) is 0 Å². The summed E-state index contributed by atoms with van der Waals surface area (Å²) in [6.07, 6.45) is 0. The van der Waals surface area contributed by atoms with E-state index in [1.54, 1.807) is 11.8 Å². The van der Waals surface area contributed by atoms with Crippen molar-refractivity contribution in [1.82, 2.24) is 20.3 Å². The number of hydrogen-bond donors (Lipinski definition) is 0. The zero-order chi connectivity index (χ0) is 11.0. The minimum atomic E-state index is 0.718. The fourth-order valence-electron chi connectivity index (χ4n) is 1.38. The van der Waals surface area contributed by atoms with Gasteiger partial charge in [0.05, 0.1) is 5.71 Å². The van der Waals surface area contributed by atoms with E-state index in [1.807, 2.05) is 24.3 Å². The Morgan fingerprint density at radius 2 is 2.06 bits per heavy atom. The van der Waals surface area contributed by atoms with Gasteiger partial charge in [-0.3, -0.25) is 0 Å². The SMILES string of the molecule is Clc1ccc(C2=Nn3nnnc3SC2)cc1. The molecule has 0 saturated carbocycles. The molecule has 1 aliphatic rings. The van der Waals surface area contributed by atoms with Crippen LogP contribution in [0, 0.1) is 0 Å². The van der Waals surface area contributed by atoms with Gasteiger partial charge in [-0.25, -0.2) is 0 Å². The van der Waals surface area contributed by atoms with Crippen LogP contribution in [0.4, 0.5) is 0 Å². The highest BCUT2D eigenvalue weighted by Gasteiger charge is 2.16. The van der Waals surface area contributed by atoms with Crippen LogP contribution in [-0.4, -0.2) is 31.8 Å². The highest BCUT2D eigenvalue weighted by molar-refractivity contribution is 7.99. The van der Waals surface area contributed by atoms with Gasteiger partial charge in [0.25, 0.3) is 0 Å². The number of aromatic nitrogens is 4. The zero-order valence-corrected chi connectivity index (χ0v) is 9.61. The van der Waals surface area contributed by atoms with Crippen LogP contribution in [0.3, 0.4) is 0 Å². The first kappa shape index (κ1) is 9.80. The second-order valence-corrected chi connectivity index (χ2v) is 4.57. The molecule has 16 heavy (non-hydrogen) atoms. The summed E-state index contributed by atoms with van der Waals surface area (Å²) in [6.45, 7) is 0. The van der Waals surface area contributed by atoms with E-state index < -0.39 is 0 Å². The van der Waals surface area contributed by atoms with Crippen molar-refractivity contribution in [2.24, 2.45) is 5.10 Å². The number of fused-ring (bicyclic) bond motifs is 1. The van der Waals surface area contributed by atoms with E-state index in [4.69, 9.17) is 11.6 Å². The maximum absolute atomic E-state index is 5.83. The van der Waals surface area contributed by atoms with Gasteiger partial charge in [0.15, 0.2) is 0 Å². The first-order chi connectivity index (χ1) is 7.83. The molecule has 1 aromatic carbocycles. The summed E-state index contributed by atoms with van der Waals surface area (Å²) in [6, 6.07) is 7.58. The van der Waals surface area contributed by atoms with E-state index >= 15 is 0 Å². The van der Waals surface area contributed by atoms with Crippen molar-refractivity contribution in [3.63, 3.8) is 0 Å². The second-order valence-electron chi connectivity index (χ2n) is 3.19. The smallest absolute Gasteiger partial charge is 0.150 e.